The number of carbonyl (C=O) groups excluding carboxylic acids is 1. The van der Waals surface area contributed by atoms with Crippen molar-refractivity contribution >= 4 is 19.6 Å². The third-order valence-electron chi connectivity index (χ3n) is 1.61. The molecule has 0 aliphatic rings. The third-order valence-corrected chi connectivity index (χ3v) is 1.61. The average molecular weight is 185 g/mol. The molecule has 0 saturated heterocycles. The number of carboxylic acid groups (broad SMARTS) is 1. The van der Waals surface area contributed by atoms with Gasteiger partial charge in [-0.1, -0.05) is 6.42 Å². The lowest BCUT2D eigenvalue weighted by Gasteiger charge is -2.11. The molecule has 73 valence electrons. The van der Waals surface area contributed by atoms with Crippen molar-refractivity contribution in [3.8, 4) is 0 Å². The summed E-state index contributed by atoms with van der Waals surface area (Å²) in [5.74, 6) is -0.949. The molecule has 1 unspecified atom stereocenters. The Morgan fingerprint density at radius 2 is 2.31 bits per heavy atom. The number of nitrogens with one attached hydrogen (secondary N) is 1. The maximum atomic E-state index is 10.6. The second kappa shape index (κ2) is 7.76. The Labute approximate surface area is 77.9 Å². The van der Waals surface area contributed by atoms with Gasteiger partial charge in [0.05, 0.1) is 12.2 Å². The van der Waals surface area contributed by atoms with E-state index in [0.717, 1.165) is 20.3 Å². The van der Waals surface area contributed by atoms with Crippen LogP contribution < -0.4 is 11.0 Å². The van der Waals surface area contributed by atoms with Crippen molar-refractivity contribution in [1.82, 2.24) is 5.23 Å². The summed E-state index contributed by atoms with van der Waals surface area (Å²) in [6.45, 7) is 0.559. The van der Waals surface area contributed by atoms with E-state index in [2.05, 4.69) is 5.23 Å². The van der Waals surface area contributed by atoms with E-state index >= 15 is 0 Å². The molecule has 4 N–H and O–H groups in total. The summed E-state index contributed by atoms with van der Waals surface area (Å²) in [5.41, 5.74) is 5.26. The molecule has 0 heterocycles. The lowest BCUT2D eigenvalue weighted by molar-refractivity contribution is -0.139. The van der Waals surface area contributed by atoms with Crippen LogP contribution in [0, 0.1) is 0 Å². The van der Waals surface area contributed by atoms with E-state index in [1.54, 1.807) is 0 Å². The molecule has 0 rings (SSSR count). The predicted molar refractivity (Wildman–Crippen MR) is 50.0 cm³/mol. The fourth-order valence-electron chi connectivity index (χ4n) is 0.926. The number of rotatable bonds is 8. The Balaban J connectivity index is 3.66. The first-order valence-electron chi connectivity index (χ1n) is 4.18. The van der Waals surface area contributed by atoms with Gasteiger partial charge in [-0.25, -0.2) is 0 Å². The van der Waals surface area contributed by atoms with Gasteiger partial charge in [-0.05, 0) is 19.4 Å². The molecule has 0 aromatic heterocycles. The van der Waals surface area contributed by atoms with Crippen molar-refractivity contribution < 1.29 is 14.7 Å². The average Bonchev–Trinajstić information content (AvgIpc) is 2.10. The van der Waals surface area contributed by atoms with Gasteiger partial charge in [0.2, 0.25) is 0 Å². The van der Waals surface area contributed by atoms with Crippen LogP contribution in [0.5, 0.6) is 0 Å². The molecule has 0 aromatic rings. The van der Waals surface area contributed by atoms with Crippen molar-refractivity contribution in [3.63, 3.8) is 0 Å². The SMILES string of the molecule is NCCCCC(N[B]C=O)C(=O)O. The van der Waals surface area contributed by atoms with Crippen LogP contribution in [0.4, 0.5) is 0 Å². The molecule has 0 aromatic carbocycles. The van der Waals surface area contributed by atoms with Crippen LogP contribution in [0.25, 0.3) is 0 Å². The van der Waals surface area contributed by atoms with E-state index in [1.165, 1.54) is 0 Å². The molecular formula is C7H14BN2O3. The molecular weight excluding hydrogens is 171 g/mol. The van der Waals surface area contributed by atoms with E-state index in [9.17, 15) is 9.59 Å². The Morgan fingerprint density at radius 3 is 2.77 bits per heavy atom. The van der Waals surface area contributed by atoms with Crippen molar-refractivity contribution in [2.24, 2.45) is 5.73 Å². The van der Waals surface area contributed by atoms with E-state index in [-0.39, 0.29) is 0 Å². The van der Waals surface area contributed by atoms with Gasteiger partial charge >= 0.3 is 5.97 Å². The van der Waals surface area contributed by atoms with E-state index < -0.39 is 12.0 Å². The summed E-state index contributed by atoms with van der Waals surface area (Å²) >= 11 is 0. The van der Waals surface area contributed by atoms with Crippen molar-refractivity contribution in [1.29, 1.82) is 0 Å². The number of hydrogen-bond acceptors (Lipinski definition) is 4. The molecule has 0 aliphatic heterocycles. The number of nitrogens with two attached hydrogens (primary N) is 1. The summed E-state index contributed by atoms with van der Waals surface area (Å²) in [7, 11) is 1.10. The second-order valence-corrected chi connectivity index (χ2v) is 2.64. The number of hydrogen-bond donors (Lipinski definition) is 3. The zero-order chi connectivity index (χ0) is 10.1. The third kappa shape index (κ3) is 6.30. The highest BCUT2D eigenvalue weighted by Gasteiger charge is 2.15. The first kappa shape index (κ1) is 12.1. The predicted octanol–water partition coefficient (Wildman–Crippen LogP) is -1.03. The first-order chi connectivity index (χ1) is 6.22. The van der Waals surface area contributed by atoms with E-state index in [4.69, 9.17) is 10.8 Å². The molecule has 0 bridgehead atoms. The molecule has 0 fully saturated rings. The smallest absolute Gasteiger partial charge is 0.319 e. The van der Waals surface area contributed by atoms with Crippen LogP contribution in [0.1, 0.15) is 19.3 Å². The quantitative estimate of drug-likeness (QED) is 0.255. The monoisotopic (exact) mass is 185 g/mol. The summed E-state index contributed by atoms with van der Waals surface area (Å²) < 4.78 is 0. The Hall–Kier alpha value is -0.875. The molecule has 1 atom stereocenters. The van der Waals surface area contributed by atoms with Crippen LogP contribution in [-0.2, 0) is 9.59 Å². The molecule has 6 heteroatoms. The molecule has 0 amide bonds. The fourth-order valence-corrected chi connectivity index (χ4v) is 0.926. The zero-order valence-corrected chi connectivity index (χ0v) is 7.40. The summed E-state index contributed by atoms with van der Waals surface area (Å²) in [5, 5.41) is 11.2. The van der Waals surface area contributed by atoms with Gasteiger partial charge < -0.3 is 20.9 Å². The van der Waals surface area contributed by atoms with Gasteiger partial charge in [0.15, 0.2) is 0 Å². The van der Waals surface area contributed by atoms with Crippen LogP contribution in [0.2, 0.25) is 0 Å². The topological polar surface area (TPSA) is 92.4 Å². The van der Waals surface area contributed by atoms with Gasteiger partial charge in [-0.3, -0.25) is 4.79 Å². The zero-order valence-electron chi connectivity index (χ0n) is 7.40. The van der Waals surface area contributed by atoms with Crippen molar-refractivity contribution in [2.45, 2.75) is 25.3 Å². The molecule has 0 aliphatic carbocycles. The summed E-state index contributed by atoms with van der Waals surface area (Å²) in [4.78, 5) is 20.5. The second-order valence-electron chi connectivity index (χ2n) is 2.64. The summed E-state index contributed by atoms with van der Waals surface area (Å²) in [6.07, 6.45) is 2.55. The molecule has 13 heavy (non-hydrogen) atoms. The minimum Gasteiger partial charge on any atom is -0.480 e. The van der Waals surface area contributed by atoms with Crippen molar-refractivity contribution in [3.05, 3.63) is 0 Å². The van der Waals surface area contributed by atoms with Gasteiger partial charge in [-0.2, -0.15) is 0 Å². The number of carbonyl (C=O) groups is 2. The van der Waals surface area contributed by atoms with Gasteiger partial charge in [0, 0.05) is 0 Å². The largest absolute Gasteiger partial charge is 0.480 e. The molecule has 1 radical (unpaired) electrons. The fraction of sp³-hybridized carbons (Fsp3) is 0.714. The molecule has 5 nitrogen and oxygen atoms in total. The minimum absolute atomic E-state index is 0.483. The Kier molecular flexibility index (Phi) is 7.24. The number of unbranched alkanes of at least 4 members (excludes halogenated alkanes) is 1. The van der Waals surface area contributed by atoms with Crippen LogP contribution in [0.3, 0.4) is 0 Å². The molecule has 0 saturated carbocycles. The van der Waals surface area contributed by atoms with E-state index in [0.29, 0.717) is 19.2 Å². The highest BCUT2D eigenvalue weighted by molar-refractivity contribution is 6.64. The van der Waals surface area contributed by atoms with Crippen LogP contribution in [-0.4, -0.2) is 37.3 Å². The standard InChI is InChI=1S/C7H14BN2O3/c9-4-2-1-3-6(7(12)13)10-8-5-11/h5-6,10H,1-4,9H2,(H,12,13). The maximum Gasteiger partial charge on any atom is 0.319 e. The lowest BCUT2D eigenvalue weighted by Crippen LogP contribution is -2.39. The Morgan fingerprint density at radius 1 is 1.62 bits per heavy atom. The van der Waals surface area contributed by atoms with Crippen LogP contribution in [0.15, 0.2) is 0 Å². The van der Waals surface area contributed by atoms with E-state index in [1.807, 2.05) is 0 Å². The lowest BCUT2D eigenvalue weighted by atomic mass is 9.95. The van der Waals surface area contributed by atoms with Gasteiger partial charge in [0.1, 0.15) is 0 Å². The number of aliphatic carboxylic acids is 1. The van der Waals surface area contributed by atoms with Gasteiger partial charge in [0.25, 0.3) is 7.41 Å². The number of carboxylic acids is 1. The maximum absolute atomic E-state index is 10.6. The highest BCUT2D eigenvalue weighted by atomic mass is 16.4. The minimum atomic E-state index is -0.949. The molecule has 0 spiro atoms. The van der Waals surface area contributed by atoms with Crippen molar-refractivity contribution in [2.75, 3.05) is 6.54 Å². The Bertz CT molecular complexity index is 166. The normalized spacial score (nSPS) is 12.1. The first-order valence-corrected chi connectivity index (χ1v) is 4.18. The van der Waals surface area contributed by atoms with Gasteiger partial charge in [-0.15, -0.1) is 0 Å². The highest BCUT2D eigenvalue weighted by Crippen LogP contribution is 1.99. The van der Waals surface area contributed by atoms with Crippen LogP contribution >= 0.6 is 0 Å². The summed E-state index contributed by atoms with van der Waals surface area (Å²) in [6, 6.07) is -0.684.